The Kier molecular flexibility index (Phi) is 6.58. The maximum atomic E-state index is 12.4. The number of amides is 2. The van der Waals surface area contributed by atoms with Crippen LogP contribution in [0.25, 0.3) is 16.7 Å². The molecule has 0 radical (unpaired) electrons. The fraction of sp³-hybridized carbons (Fsp3) is 0.231. The first-order valence-corrected chi connectivity index (χ1v) is 11.1. The minimum absolute atomic E-state index is 0.153. The minimum Gasteiger partial charge on any atom is -0.467 e. The molecule has 0 aliphatic heterocycles. The molecule has 2 amide bonds. The lowest BCUT2D eigenvalue weighted by Gasteiger charge is -2.10. The summed E-state index contributed by atoms with van der Waals surface area (Å²) in [5.74, 6) is -0.112. The van der Waals surface area contributed by atoms with Crippen molar-refractivity contribution in [3.63, 3.8) is 0 Å². The summed E-state index contributed by atoms with van der Waals surface area (Å²) in [6, 6.07) is 16.9. The van der Waals surface area contributed by atoms with E-state index < -0.39 is 0 Å². The fourth-order valence-corrected chi connectivity index (χ4v) is 3.78. The second-order valence-electron chi connectivity index (χ2n) is 8.09. The third kappa shape index (κ3) is 5.06. The number of ether oxygens (including phenoxy) is 1. The van der Waals surface area contributed by atoms with E-state index in [4.69, 9.17) is 4.74 Å². The molecule has 2 aromatic carbocycles. The van der Waals surface area contributed by atoms with Crippen LogP contribution in [0.4, 0.5) is 11.4 Å². The quantitative estimate of drug-likeness (QED) is 0.423. The average molecular weight is 458 g/mol. The standard InChI is InChI=1S/C26H27N5O3/c1-5-19-6-12-22(13-7-19)31-26-25(17(3)30-31)16(2)14-24(29-26)34-15-23(33)28-21-10-8-20(9-11-21)27-18(4)32/h6-14H,5,15H2,1-4H3,(H,27,32)(H,28,33). The molecule has 0 aliphatic carbocycles. The van der Waals surface area contributed by atoms with Gasteiger partial charge in [0.25, 0.3) is 5.91 Å². The number of fused-ring (bicyclic) bond motifs is 1. The van der Waals surface area contributed by atoms with Crippen LogP contribution in [-0.2, 0) is 16.0 Å². The Morgan fingerprint density at radius 1 is 0.971 bits per heavy atom. The van der Waals surface area contributed by atoms with Crippen LogP contribution in [0.5, 0.6) is 5.88 Å². The molecular weight excluding hydrogens is 430 g/mol. The average Bonchev–Trinajstić information content (AvgIpc) is 3.15. The Labute approximate surface area is 198 Å². The Hall–Kier alpha value is -4.20. The van der Waals surface area contributed by atoms with Gasteiger partial charge in [-0.2, -0.15) is 10.1 Å². The summed E-state index contributed by atoms with van der Waals surface area (Å²) < 4.78 is 7.53. The van der Waals surface area contributed by atoms with Crippen molar-refractivity contribution in [1.29, 1.82) is 0 Å². The number of carbonyl (C=O) groups is 2. The van der Waals surface area contributed by atoms with Gasteiger partial charge in [-0.1, -0.05) is 19.1 Å². The van der Waals surface area contributed by atoms with E-state index in [0.29, 0.717) is 22.9 Å². The van der Waals surface area contributed by atoms with Crippen molar-refractivity contribution in [2.24, 2.45) is 0 Å². The van der Waals surface area contributed by atoms with Gasteiger partial charge in [0.2, 0.25) is 11.8 Å². The van der Waals surface area contributed by atoms with Crippen LogP contribution in [0, 0.1) is 13.8 Å². The third-order valence-electron chi connectivity index (χ3n) is 5.42. The van der Waals surface area contributed by atoms with Gasteiger partial charge in [-0.05, 0) is 67.8 Å². The molecule has 4 rings (SSSR count). The van der Waals surface area contributed by atoms with Crippen LogP contribution < -0.4 is 15.4 Å². The van der Waals surface area contributed by atoms with Gasteiger partial charge in [-0.25, -0.2) is 4.68 Å². The predicted octanol–water partition coefficient (Wildman–Crippen LogP) is 4.58. The zero-order chi connectivity index (χ0) is 24.2. The molecule has 0 bridgehead atoms. The second-order valence-corrected chi connectivity index (χ2v) is 8.09. The summed E-state index contributed by atoms with van der Waals surface area (Å²) in [6.45, 7) is 7.31. The molecule has 2 N–H and O–H groups in total. The maximum absolute atomic E-state index is 12.4. The van der Waals surface area contributed by atoms with E-state index in [1.54, 1.807) is 28.9 Å². The zero-order valence-electron chi connectivity index (χ0n) is 19.7. The zero-order valence-corrected chi connectivity index (χ0v) is 19.7. The number of pyridine rings is 1. The molecule has 34 heavy (non-hydrogen) atoms. The van der Waals surface area contributed by atoms with Gasteiger partial charge in [-0.15, -0.1) is 0 Å². The van der Waals surface area contributed by atoms with Gasteiger partial charge < -0.3 is 15.4 Å². The van der Waals surface area contributed by atoms with Crippen molar-refractivity contribution in [2.45, 2.75) is 34.1 Å². The molecule has 0 unspecified atom stereocenters. The molecule has 0 fully saturated rings. The van der Waals surface area contributed by atoms with E-state index in [2.05, 4.69) is 39.8 Å². The summed E-state index contributed by atoms with van der Waals surface area (Å²) in [5.41, 5.74) is 5.97. The van der Waals surface area contributed by atoms with Gasteiger partial charge >= 0.3 is 0 Å². The van der Waals surface area contributed by atoms with Crippen molar-refractivity contribution in [1.82, 2.24) is 14.8 Å². The molecule has 174 valence electrons. The highest BCUT2D eigenvalue weighted by atomic mass is 16.5. The molecule has 8 nitrogen and oxygen atoms in total. The topological polar surface area (TPSA) is 98.1 Å². The van der Waals surface area contributed by atoms with Crippen molar-refractivity contribution in [3.8, 4) is 11.6 Å². The van der Waals surface area contributed by atoms with Crippen molar-refractivity contribution in [2.75, 3.05) is 17.2 Å². The summed E-state index contributed by atoms with van der Waals surface area (Å²) in [4.78, 5) is 28.2. The summed E-state index contributed by atoms with van der Waals surface area (Å²) in [5, 5.41) is 11.1. The number of hydrogen-bond acceptors (Lipinski definition) is 5. The predicted molar refractivity (Wildman–Crippen MR) is 133 cm³/mol. The highest BCUT2D eigenvalue weighted by Crippen LogP contribution is 2.27. The number of rotatable bonds is 7. The lowest BCUT2D eigenvalue weighted by Crippen LogP contribution is -2.20. The normalized spacial score (nSPS) is 10.8. The largest absolute Gasteiger partial charge is 0.467 e. The SMILES string of the molecule is CCc1ccc(-n2nc(C)c3c(C)cc(OCC(=O)Nc4ccc(NC(C)=O)cc4)nc32)cc1. The molecule has 2 heterocycles. The van der Waals surface area contributed by atoms with Crippen LogP contribution in [0.2, 0.25) is 0 Å². The number of benzene rings is 2. The molecule has 0 saturated carbocycles. The van der Waals surface area contributed by atoms with Crippen molar-refractivity contribution < 1.29 is 14.3 Å². The molecule has 0 aliphatic rings. The van der Waals surface area contributed by atoms with Crippen molar-refractivity contribution >= 4 is 34.2 Å². The lowest BCUT2D eigenvalue weighted by molar-refractivity contribution is -0.118. The number of carbonyl (C=O) groups excluding carboxylic acids is 2. The van der Waals surface area contributed by atoms with E-state index in [-0.39, 0.29) is 18.4 Å². The summed E-state index contributed by atoms with van der Waals surface area (Å²) in [6.07, 6.45) is 0.968. The molecule has 0 saturated heterocycles. The Balaban J connectivity index is 1.49. The van der Waals surface area contributed by atoms with E-state index in [1.165, 1.54) is 12.5 Å². The van der Waals surface area contributed by atoms with Crippen LogP contribution in [-0.4, -0.2) is 33.2 Å². The number of aromatic nitrogens is 3. The molecule has 0 spiro atoms. The highest BCUT2D eigenvalue weighted by Gasteiger charge is 2.15. The first-order valence-electron chi connectivity index (χ1n) is 11.1. The number of hydrogen-bond donors (Lipinski definition) is 2. The van der Waals surface area contributed by atoms with E-state index in [0.717, 1.165) is 28.8 Å². The lowest BCUT2D eigenvalue weighted by atomic mass is 10.1. The molecule has 2 aromatic heterocycles. The fourth-order valence-electron chi connectivity index (χ4n) is 3.78. The van der Waals surface area contributed by atoms with E-state index >= 15 is 0 Å². The van der Waals surface area contributed by atoms with Gasteiger partial charge in [0.1, 0.15) is 0 Å². The van der Waals surface area contributed by atoms with Gasteiger partial charge in [0.15, 0.2) is 12.3 Å². The van der Waals surface area contributed by atoms with Crippen LogP contribution in [0.1, 0.15) is 30.7 Å². The number of nitrogens with zero attached hydrogens (tertiary/aromatic N) is 3. The Bertz CT molecular complexity index is 1340. The van der Waals surface area contributed by atoms with E-state index in [1.807, 2.05) is 32.0 Å². The molecule has 0 atom stereocenters. The Morgan fingerprint density at radius 3 is 2.24 bits per heavy atom. The van der Waals surface area contributed by atoms with E-state index in [9.17, 15) is 9.59 Å². The number of nitrogens with one attached hydrogen (secondary N) is 2. The van der Waals surface area contributed by atoms with Crippen LogP contribution >= 0.6 is 0 Å². The summed E-state index contributed by atoms with van der Waals surface area (Å²) >= 11 is 0. The van der Waals surface area contributed by atoms with Crippen LogP contribution in [0.15, 0.2) is 54.6 Å². The van der Waals surface area contributed by atoms with Crippen LogP contribution in [0.3, 0.4) is 0 Å². The number of anilines is 2. The summed E-state index contributed by atoms with van der Waals surface area (Å²) in [7, 11) is 0. The molecule has 4 aromatic rings. The molecular formula is C26H27N5O3. The first kappa shape index (κ1) is 23.0. The van der Waals surface area contributed by atoms with Gasteiger partial charge in [0, 0.05) is 29.8 Å². The smallest absolute Gasteiger partial charge is 0.262 e. The highest BCUT2D eigenvalue weighted by molar-refractivity contribution is 5.93. The molecule has 8 heteroatoms. The maximum Gasteiger partial charge on any atom is 0.262 e. The van der Waals surface area contributed by atoms with Gasteiger partial charge in [0.05, 0.1) is 11.4 Å². The first-order chi connectivity index (χ1) is 16.3. The number of aryl methyl sites for hydroxylation is 3. The van der Waals surface area contributed by atoms with Gasteiger partial charge in [-0.3, -0.25) is 9.59 Å². The monoisotopic (exact) mass is 457 g/mol. The minimum atomic E-state index is -0.313. The van der Waals surface area contributed by atoms with Crippen molar-refractivity contribution in [3.05, 3.63) is 71.4 Å². The third-order valence-corrected chi connectivity index (χ3v) is 5.42. The Morgan fingerprint density at radius 2 is 1.62 bits per heavy atom. The second kappa shape index (κ2) is 9.74.